The number of methoxy groups -OCH3 is 2. The first kappa shape index (κ1) is 14.9. The largest absolute Gasteiger partial charge is 0.364 e. The van der Waals surface area contributed by atoms with Crippen molar-refractivity contribution in [2.45, 2.75) is 56.6 Å². The average molecular weight is 274 g/mol. The average Bonchev–Trinajstić information content (AvgIpc) is 2.78. The molecule has 2 saturated heterocycles. The molecule has 110 valence electrons. The lowest BCUT2D eigenvalue weighted by Gasteiger charge is -2.42. The van der Waals surface area contributed by atoms with E-state index in [-0.39, 0.29) is 12.2 Å². The molecule has 0 aromatic carbocycles. The minimum absolute atomic E-state index is 0.220. The number of ether oxygens (including phenoxy) is 5. The van der Waals surface area contributed by atoms with Crippen molar-refractivity contribution in [1.82, 2.24) is 0 Å². The molecule has 0 aromatic heterocycles. The number of carbonyl (C=O) groups is 1. The van der Waals surface area contributed by atoms with E-state index in [9.17, 15) is 4.79 Å². The summed E-state index contributed by atoms with van der Waals surface area (Å²) in [6.07, 6.45) is 0.615. The Labute approximate surface area is 113 Å². The van der Waals surface area contributed by atoms with Crippen LogP contribution in [0.1, 0.15) is 26.7 Å². The van der Waals surface area contributed by atoms with Crippen molar-refractivity contribution in [2.24, 2.45) is 0 Å². The van der Waals surface area contributed by atoms with Crippen molar-refractivity contribution >= 4 is 6.29 Å². The highest BCUT2D eigenvalue weighted by Gasteiger charge is 2.48. The molecule has 0 bridgehead atoms. The van der Waals surface area contributed by atoms with E-state index >= 15 is 0 Å². The van der Waals surface area contributed by atoms with Crippen LogP contribution in [-0.4, -0.2) is 57.0 Å². The van der Waals surface area contributed by atoms with Crippen LogP contribution in [0.5, 0.6) is 0 Å². The second-order valence-corrected chi connectivity index (χ2v) is 5.44. The van der Waals surface area contributed by atoms with E-state index in [1.165, 1.54) is 0 Å². The topological polar surface area (TPSA) is 63.2 Å². The molecule has 6 nitrogen and oxygen atoms in total. The van der Waals surface area contributed by atoms with E-state index in [0.29, 0.717) is 19.4 Å². The molecule has 6 heteroatoms. The molecular formula is C13H22O6. The van der Waals surface area contributed by atoms with E-state index < -0.39 is 17.7 Å². The van der Waals surface area contributed by atoms with Gasteiger partial charge in [0.05, 0.1) is 12.7 Å². The first-order chi connectivity index (χ1) is 8.93. The first-order valence-electron chi connectivity index (χ1n) is 6.46. The molecular weight excluding hydrogens is 252 g/mol. The fourth-order valence-electron chi connectivity index (χ4n) is 2.63. The predicted octanol–water partition coefficient (Wildman–Crippen LogP) is 0.873. The smallest absolute Gasteiger partial charge is 0.173 e. The second-order valence-electron chi connectivity index (χ2n) is 5.44. The highest BCUT2D eigenvalue weighted by Crippen LogP contribution is 2.36. The molecule has 2 fully saturated rings. The fraction of sp³-hybridized carbons (Fsp3) is 0.923. The Hall–Kier alpha value is -0.530. The molecule has 0 amide bonds. The minimum atomic E-state index is -0.801. The van der Waals surface area contributed by atoms with Gasteiger partial charge in [-0.3, -0.25) is 0 Å². The van der Waals surface area contributed by atoms with Gasteiger partial charge in [0, 0.05) is 27.1 Å². The molecule has 2 rings (SSSR count). The summed E-state index contributed by atoms with van der Waals surface area (Å²) in [6.45, 7) is 4.15. The standard InChI is InChI=1S/C13H22O6/c1-12(2)17-8-11(19-12)10-6-13(15-3,16-4)5-9(7-14)18-10/h7,9-11H,5-6,8H2,1-4H3/t9-,10+,11-/m1/s1. The van der Waals surface area contributed by atoms with E-state index in [1.807, 2.05) is 13.8 Å². The zero-order valence-corrected chi connectivity index (χ0v) is 11.9. The summed E-state index contributed by atoms with van der Waals surface area (Å²) in [6, 6.07) is 0. The van der Waals surface area contributed by atoms with Crippen LogP contribution in [-0.2, 0) is 28.5 Å². The summed E-state index contributed by atoms with van der Waals surface area (Å²) in [5.74, 6) is -1.42. The van der Waals surface area contributed by atoms with Gasteiger partial charge in [-0.15, -0.1) is 0 Å². The van der Waals surface area contributed by atoms with Crippen molar-refractivity contribution in [3.8, 4) is 0 Å². The van der Waals surface area contributed by atoms with Crippen LogP contribution in [0.4, 0.5) is 0 Å². The van der Waals surface area contributed by atoms with Crippen molar-refractivity contribution in [3.05, 3.63) is 0 Å². The molecule has 0 unspecified atom stereocenters. The number of rotatable bonds is 4. The van der Waals surface area contributed by atoms with Crippen LogP contribution in [0.25, 0.3) is 0 Å². The SMILES string of the molecule is COC1(OC)C[C@@H]([C@H]2COC(C)(C)O2)O[C@@H](C=O)C1. The van der Waals surface area contributed by atoms with Gasteiger partial charge in [-0.1, -0.05) is 0 Å². The van der Waals surface area contributed by atoms with Gasteiger partial charge in [-0.05, 0) is 13.8 Å². The van der Waals surface area contributed by atoms with E-state index in [2.05, 4.69) is 0 Å². The number of hydrogen-bond donors (Lipinski definition) is 0. The molecule has 0 aromatic rings. The van der Waals surface area contributed by atoms with Crippen LogP contribution < -0.4 is 0 Å². The molecule has 19 heavy (non-hydrogen) atoms. The van der Waals surface area contributed by atoms with Crippen LogP contribution >= 0.6 is 0 Å². The third-order valence-electron chi connectivity index (χ3n) is 3.71. The predicted molar refractivity (Wildman–Crippen MR) is 65.6 cm³/mol. The van der Waals surface area contributed by atoms with Gasteiger partial charge in [-0.2, -0.15) is 0 Å². The van der Waals surface area contributed by atoms with Crippen LogP contribution in [0.3, 0.4) is 0 Å². The van der Waals surface area contributed by atoms with Gasteiger partial charge in [0.15, 0.2) is 11.6 Å². The zero-order chi connectivity index (χ0) is 14.1. The Bertz CT molecular complexity index is 325. The normalized spacial score (nSPS) is 37.2. The molecule has 2 aliphatic rings. The Morgan fingerprint density at radius 1 is 1.16 bits per heavy atom. The Balaban J connectivity index is 2.10. The van der Waals surface area contributed by atoms with Crippen molar-refractivity contribution in [3.63, 3.8) is 0 Å². The summed E-state index contributed by atoms with van der Waals surface area (Å²) in [7, 11) is 3.15. The molecule has 0 radical (unpaired) electrons. The highest BCUT2D eigenvalue weighted by atomic mass is 16.8. The summed E-state index contributed by atoms with van der Waals surface area (Å²) < 4.78 is 28.0. The van der Waals surface area contributed by atoms with Crippen LogP contribution in [0.15, 0.2) is 0 Å². The Kier molecular flexibility index (Phi) is 4.27. The number of carbonyl (C=O) groups excluding carboxylic acids is 1. The molecule has 0 spiro atoms. The van der Waals surface area contributed by atoms with Crippen LogP contribution in [0, 0.1) is 0 Å². The molecule has 0 N–H and O–H groups in total. The fourth-order valence-corrected chi connectivity index (χ4v) is 2.63. The highest BCUT2D eigenvalue weighted by molar-refractivity contribution is 5.56. The van der Waals surface area contributed by atoms with E-state index in [4.69, 9.17) is 23.7 Å². The maximum atomic E-state index is 11.1. The van der Waals surface area contributed by atoms with Gasteiger partial charge in [0.1, 0.15) is 18.5 Å². The van der Waals surface area contributed by atoms with Gasteiger partial charge >= 0.3 is 0 Å². The van der Waals surface area contributed by atoms with Crippen molar-refractivity contribution in [1.29, 1.82) is 0 Å². The molecule has 2 heterocycles. The summed E-state index contributed by atoms with van der Waals surface area (Å²) in [5, 5.41) is 0. The van der Waals surface area contributed by atoms with E-state index in [1.54, 1.807) is 14.2 Å². The maximum absolute atomic E-state index is 11.1. The summed E-state index contributed by atoms with van der Waals surface area (Å²) >= 11 is 0. The first-order valence-corrected chi connectivity index (χ1v) is 6.46. The second kappa shape index (κ2) is 5.46. The van der Waals surface area contributed by atoms with Gasteiger partial charge < -0.3 is 28.5 Å². The minimum Gasteiger partial charge on any atom is -0.364 e. The third-order valence-corrected chi connectivity index (χ3v) is 3.71. The molecule has 0 aliphatic carbocycles. The lowest BCUT2D eigenvalue weighted by molar-refractivity contribution is -0.280. The summed E-state index contributed by atoms with van der Waals surface area (Å²) in [5.41, 5.74) is 0. The zero-order valence-electron chi connectivity index (χ0n) is 11.9. The Morgan fingerprint density at radius 3 is 2.32 bits per heavy atom. The number of hydrogen-bond acceptors (Lipinski definition) is 6. The van der Waals surface area contributed by atoms with Gasteiger partial charge in [0.2, 0.25) is 0 Å². The number of aldehydes is 1. The maximum Gasteiger partial charge on any atom is 0.173 e. The van der Waals surface area contributed by atoms with Crippen molar-refractivity contribution in [2.75, 3.05) is 20.8 Å². The molecule has 2 aliphatic heterocycles. The lowest BCUT2D eigenvalue weighted by Crippen LogP contribution is -2.52. The van der Waals surface area contributed by atoms with E-state index in [0.717, 1.165) is 6.29 Å². The monoisotopic (exact) mass is 274 g/mol. The third kappa shape index (κ3) is 3.14. The van der Waals surface area contributed by atoms with Crippen LogP contribution in [0.2, 0.25) is 0 Å². The lowest BCUT2D eigenvalue weighted by atomic mass is 9.94. The molecule has 3 atom stereocenters. The quantitative estimate of drug-likeness (QED) is 0.560. The van der Waals surface area contributed by atoms with Crippen molar-refractivity contribution < 1.29 is 28.5 Å². The van der Waals surface area contributed by atoms with Gasteiger partial charge in [0.25, 0.3) is 0 Å². The van der Waals surface area contributed by atoms with Gasteiger partial charge in [-0.25, -0.2) is 0 Å². The summed E-state index contributed by atoms with van der Waals surface area (Å²) in [4.78, 5) is 11.1. The molecule has 0 saturated carbocycles. The Morgan fingerprint density at radius 2 is 1.84 bits per heavy atom.